The van der Waals surface area contributed by atoms with Gasteiger partial charge in [-0.15, -0.1) is 0 Å². The third kappa shape index (κ3) is 8.35. The van der Waals surface area contributed by atoms with Gasteiger partial charge in [0.25, 0.3) is 0 Å². The first kappa shape index (κ1) is 27.8. The summed E-state index contributed by atoms with van der Waals surface area (Å²) in [6.07, 6.45) is 4.19. The molecule has 13 nitrogen and oxygen atoms in total. The number of aromatic nitrogens is 2. The first-order chi connectivity index (χ1) is 16.5. The molecule has 4 unspecified atom stereocenters. The van der Waals surface area contributed by atoms with E-state index in [0.717, 1.165) is 0 Å². The molecule has 1 aromatic rings. The summed E-state index contributed by atoms with van der Waals surface area (Å²) in [7, 11) is 0. The van der Waals surface area contributed by atoms with Crippen LogP contribution in [0.1, 0.15) is 51.6 Å². The largest absolute Gasteiger partial charge is 0.480 e. The fraction of sp³-hybridized carbons (Fsp3) is 0.636. The van der Waals surface area contributed by atoms with E-state index in [1.165, 1.54) is 11.2 Å². The van der Waals surface area contributed by atoms with Crippen LogP contribution in [0.15, 0.2) is 12.5 Å². The van der Waals surface area contributed by atoms with E-state index in [9.17, 15) is 29.1 Å². The lowest BCUT2D eigenvalue weighted by molar-refractivity contribution is -0.143. The number of carboxylic acids is 1. The van der Waals surface area contributed by atoms with Crippen molar-refractivity contribution in [1.82, 2.24) is 25.5 Å². The van der Waals surface area contributed by atoms with Crippen molar-refractivity contribution in [3.05, 3.63) is 18.2 Å². The minimum absolute atomic E-state index is 0.00379. The van der Waals surface area contributed by atoms with Crippen molar-refractivity contribution in [2.45, 2.75) is 76.5 Å². The van der Waals surface area contributed by atoms with Gasteiger partial charge in [-0.2, -0.15) is 0 Å². The lowest BCUT2D eigenvalue weighted by atomic mass is 10.0. The third-order valence-corrected chi connectivity index (χ3v) is 5.78. The number of nitrogens with two attached hydrogens (primary N) is 2. The number of H-pyrrole nitrogens is 1. The van der Waals surface area contributed by atoms with Crippen molar-refractivity contribution in [1.29, 1.82) is 0 Å². The second kappa shape index (κ2) is 12.8. The van der Waals surface area contributed by atoms with Crippen LogP contribution in [0.5, 0.6) is 0 Å². The van der Waals surface area contributed by atoms with E-state index in [1.807, 2.05) is 13.8 Å². The van der Waals surface area contributed by atoms with Crippen LogP contribution in [0.2, 0.25) is 0 Å². The van der Waals surface area contributed by atoms with Gasteiger partial charge in [0.05, 0.1) is 12.4 Å². The van der Waals surface area contributed by atoms with E-state index in [2.05, 4.69) is 20.6 Å². The summed E-state index contributed by atoms with van der Waals surface area (Å²) in [5.74, 6) is -3.56. The predicted molar refractivity (Wildman–Crippen MR) is 124 cm³/mol. The fourth-order valence-corrected chi connectivity index (χ4v) is 4.02. The molecule has 0 bridgehead atoms. The number of carbonyl (C=O) groups is 5. The number of primary amides is 1. The minimum Gasteiger partial charge on any atom is -0.480 e. The van der Waals surface area contributed by atoms with Crippen LogP contribution in [0.3, 0.4) is 0 Å². The van der Waals surface area contributed by atoms with Gasteiger partial charge in [0.1, 0.15) is 18.1 Å². The van der Waals surface area contributed by atoms with Gasteiger partial charge in [0.15, 0.2) is 0 Å². The molecule has 2 rings (SSSR count). The first-order valence-corrected chi connectivity index (χ1v) is 11.6. The maximum absolute atomic E-state index is 13.1. The molecule has 0 spiro atoms. The summed E-state index contributed by atoms with van der Waals surface area (Å²) in [5, 5.41) is 14.4. The lowest BCUT2D eigenvalue weighted by Gasteiger charge is -2.29. The molecule has 4 amide bonds. The fourth-order valence-electron chi connectivity index (χ4n) is 4.02. The second-order valence-electron chi connectivity index (χ2n) is 9.17. The van der Waals surface area contributed by atoms with Gasteiger partial charge in [-0.3, -0.25) is 19.2 Å². The molecule has 1 aromatic heterocycles. The van der Waals surface area contributed by atoms with E-state index >= 15 is 0 Å². The summed E-state index contributed by atoms with van der Waals surface area (Å²) in [6.45, 7) is 4.07. The Balaban J connectivity index is 2.06. The molecule has 0 aromatic carbocycles. The number of rotatable bonds is 13. The van der Waals surface area contributed by atoms with Gasteiger partial charge in [-0.1, -0.05) is 13.8 Å². The molecule has 1 aliphatic heterocycles. The van der Waals surface area contributed by atoms with Crippen molar-refractivity contribution in [3.8, 4) is 0 Å². The van der Waals surface area contributed by atoms with Crippen molar-refractivity contribution < 1.29 is 29.1 Å². The van der Waals surface area contributed by atoms with Gasteiger partial charge in [-0.25, -0.2) is 9.78 Å². The number of likely N-dealkylation sites (tertiary alicyclic amines) is 1. The average Bonchev–Trinajstić information content (AvgIpc) is 3.46. The van der Waals surface area contributed by atoms with E-state index in [4.69, 9.17) is 11.5 Å². The molecule has 2 heterocycles. The Hall–Kier alpha value is -3.48. The number of nitrogens with one attached hydrogen (secondary N) is 3. The van der Waals surface area contributed by atoms with Gasteiger partial charge in [0.2, 0.25) is 23.6 Å². The van der Waals surface area contributed by atoms with Crippen molar-refractivity contribution in [2.24, 2.45) is 17.4 Å². The molecule has 1 fully saturated rings. The summed E-state index contributed by atoms with van der Waals surface area (Å²) >= 11 is 0. The Morgan fingerprint density at radius 3 is 2.51 bits per heavy atom. The molecule has 4 atom stereocenters. The second-order valence-corrected chi connectivity index (χ2v) is 9.17. The number of carboxylic acid groups (broad SMARTS) is 1. The van der Waals surface area contributed by atoms with E-state index < -0.39 is 47.9 Å². The average molecular weight is 494 g/mol. The highest BCUT2D eigenvalue weighted by Gasteiger charge is 2.38. The minimum atomic E-state index is -1.33. The number of amides is 4. The Morgan fingerprint density at radius 1 is 1.23 bits per heavy atom. The van der Waals surface area contributed by atoms with Crippen LogP contribution in [-0.4, -0.2) is 80.3 Å². The molecule has 0 radical (unpaired) electrons. The van der Waals surface area contributed by atoms with Crippen molar-refractivity contribution in [2.75, 3.05) is 6.54 Å². The Labute approximate surface area is 203 Å². The van der Waals surface area contributed by atoms with E-state index in [-0.39, 0.29) is 37.5 Å². The van der Waals surface area contributed by atoms with Crippen LogP contribution < -0.4 is 22.1 Å². The summed E-state index contributed by atoms with van der Waals surface area (Å²) in [6, 6.07) is -4.00. The summed E-state index contributed by atoms with van der Waals surface area (Å²) < 4.78 is 0. The van der Waals surface area contributed by atoms with E-state index in [0.29, 0.717) is 25.1 Å². The number of imidazole rings is 1. The number of aliphatic carboxylic acids is 1. The Kier molecular flexibility index (Phi) is 10.2. The number of nitrogens with zero attached hydrogens (tertiary/aromatic N) is 2. The van der Waals surface area contributed by atoms with Crippen LogP contribution in [0, 0.1) is 5.92 Å². The third-order valence-electron chi connectivity index (χ3n) is 5.78. The monoisotopic (exact) mass is 493 g/mol. The van der Waals surface area contributed by atoms with E-state index in [1.54, 1.807) is 6.20 Å². The van der Waals surface area contributed by atoms with Gasteiger partial charge in [0, 0.05) is 31.3 Å². The Morgan fingerprint density at radius 2 is 1.94 bits per heavy atom. The molecule has 194 valence electrons. The summed E-state index contributed by atoms with van der Waals surface area (Å²) in [5.41, 5.74) is 11.9. The standard InChI is InChI=1S/C22H35N7O6/c1-12(2)8-16(19(31)27-15(22(34)35)5-6-18(24)30)28-20(32)17-4-3-7-29(17)21(33)14(23)9-13-10-25-11-26-13/h10-12,14-17H,3-9,23H2,1-2H3,(H2,24,30)(H,25,26)(H,27,31)(H,28,32)(H,34,35). The van der Waals surface area contributed by atoms with Crippen molar-refractivity contribution in [3.63, 3.8) is 0 Å². The Bertz CT molecular complexity index is 904. The maximum Gasteiger partial charge on any atom is 0.326 e. The highest BCUT2D eigenvalue weighted by Crippen LogP contribution is 2.20. The van der Waals surface area contributed by atoms with Crippen LogP contribution in [-0.2, 0) is 30.4 Å². The van der Waals surface area contributed by atoms with Gasteiger partial charge >= 0.3 is 5.97 Å². The summed E-state index contributed by atoms with van der Waals surface area (Å²) in [4.78, 5) is 69.7. The number of aromatic amines is 1. The zero-order valence-electron chi connectivity index (χ0n) is 20.0. The quantitative estimate of drug-likeness (QED) is 0.192. The molecule has 35 heavy (non-hydrogen) atoms. The highest BCUT2D eigenvalue weighted by atomic mass is 16.4. The predicted octanol–water partition coefficient (Wildman–Crippen LogP) is -1.36. The molecule has 0 saturated carbocycles. The van der Waals surface area contributed by atoms with Crippen molar-refractivity contribution >= 4 is 29.6 Å². The smallest absolute Gasteiger partial charge is 0.326 e. The zero-order chi connectivity index (χ0) is 26.1. The molecule has 13 heteroatoms. The molecule has 1 saturated heterocycles. The van der Waals surface area contributed by atoms with Crippen LogP contribution >= 0.6 is 0 Å². The van der Waals surface area contributed by atoms with Crippen LogP contribution in [0.25, 0.3) is 0 Å². The normalized spacial score (nSPS) is 18.1. The SMILES string of the molecule is CC(C)CC(NC(=O)C1CCCN1C(=O)C(N)Cc1cnc[nH]1)C(=O)NC(CCC(N)=O)C(=O)O. The first-order valence-electron chi connectivity index (χ1n) is 11.6. The molecule has 1 aliphatic rings. The topological polar surface area (TPSA) is 214 Å². The molecular weight excluding hydrogens is 458 g/mol. The zero-order valence-corrected chi connectivity index (χ0v) is 20.0. The number of carbonyl (C=O) groups excluding carboxylic acids is 4. The molecule has 0 aliphatic carbocycles. The number of hydrogen-bond donors (Lipinski definition) is 6. The maximum atomic E-state index is 13.1. The molecule has 8 N–H and O–H groups in total. The van der Waals surface area contributed by atoms with Gasteiger partial charge < -0.3 is 37.1 Å². The lowest BCUT2D eigenvalue weighted by Crippen LogP contribution is -2.57. The highest BCUT2D eigenvalue weighted by molar-refractivity contribution is 5.94. The molecular formula is C22H35N7O6. The van der Waals surface area contributed by atoms with Gasteiger partial charge in [-0.05, 0) is 31.6 Å². The number of hydrogen-bond acceptors (Lipinski definition) is 7. The van der Waals surface area contributed by atoms with Crippen LogP contribution in [0.4, 0.5) is 0 Å².